The van der Waals surface area contributed by atoms with Gasteiger partial charge in [0.1, 0.15) is 5.75 Å². The van der Waals surface area contributed by atoms with Gasteiger partial charge >= 0.3 is 0 Å². The molecule has 2 rings (SSSR count). The van der Waals surface area contributed by atoms with Gasteiger partial charge in [-0.2, -0.15) is 0 Å². The van der Waals surface area contributed by atoms with E-state index in [4.69, 9.17) is 20.6 Å². The summed E-state index contributed by atoms with van der Waals surface area (Å²) in [4.78, 5) is 2.25. The molecule has 0 aromatic heterocycles. The minimum absolute atomic E-state index is 0.292. The zero-order chi connectivity index (χ0) is 11.4. The quantitative estimate of drug-likeness (QED) is 0.572. The smallest absolute Gasteiger partial charge is 0.284 e. The van der Waals surface area contributed by atoms with Gasteiger partial charge in [-0.1, -0.05) is 0 Å². The van der Waals surface area contributed by atoms with Gasteiger partial charge in [-0.3, -0.25) is 5.41 Å². The number of rotatable bonds is 2. The second-order valence-corrected chi connectivity index (χ2v) is 3.56. The molecule has 0 spiro atoms. The zero-order valence-electron chi connectivity index (χ0n) is 8.98. The van der Waals surface area contributed by atoms with Crippen LogP contribution in [0.2, 0.25) is 0 Å². The number of ether oxygens (including phenoxy) is 2. The standard InChI is InChI=1S/C11H15N3O2/c12-11(13)16-10-3-1-9(2-4-10)14-5-7-15-8-6-14/h1-4H,5-8H2,(H3,12,13). The van der Waals surface area contributed by atoms with Crippen LogP contribution in [0.4, 0.5) is 5.69 Å². The van der Waals surface area contributed by atoms with Gasteiger partial charge in [0, 0.05) is 18.8 Å². The normalized spacial score (nSPS) is 15.9. The van der Waals surface area contributed by atoms with Gasteiger partial charge in [0.25, 0.3) is 6.02 Å². The fourth-order valence-corrected chi connectivity index (χ4v) is 1.67. The van der Waals surface area contributed by atoms with E-state index >= 15 is 0 Å². The van der Waals surface area contributed by atoms with Crippen molar-refractivity contribution in [3.8, 4) is 5.75 Å². The average Bonchev–Trinajstić information content (AvgIpc) is 2.30. The van der Waals surface area contributed by atoms with E-state index in [0.29, 0.717) is 5.75 Å². The van der Waals surface area contributed by atoms with Gasteiger partial charge < -0.3 is 20.1 Å². The number of morpholine rings is 1. The molecule has 0 radical (unpaired) electrons. The van der Waals surface area contributed by atoms with E-state index in [1.54, 1.807) is 0 Å². The molecule has 5 nitrogen and oxygen atoms in total. The molecule has 1 heterocycles. The SMILES string of the molecule is N=C(N)Oc1ccc(N2CCOCC2)cc1. The first-order valence-electron chi connectivity index (χ1n) is 5.20. The Balaban J connectivity index is 2.03. The summed E-state index contributed by atoms with van der Waals surface area (Å²) in [5.74, 6) is 0.588. The fourth-order valence-electron chi connectivity index (χ4n) is 1.67. The summed E-state index contributed by atoms with van der Waals surface area (Å²) in [7, 11) is 0. The van der Waals surface area contributed by atoms with E-state index in [9.17, 15) is 0 Å². The molecule has 0 unspecified atom stereocenters. The highest BCUT2D eigenvalue weighted by molar-refractivity contribution is 5.70. The van der Waals surface area contributed by atoms with Crippen LogP contribution in [0.3, 0.4) is 0 Å². The zero-order valence-corrected chi connectivity index (χ0v) is 8.98. The average molecular weight is 221 g/mol. The molecule has 0 bridgehead atoms. The van der Waals surface area contributed by atoms with Crippen molar-refractivity contribution in [1.29, 1.82) is 5.41 Å². The fraction of sp³-hybridized carbons (Fsp3) is 0.364. The number of hydrogen-bond donors (Lipinski definition) is 2. The van der Waals surface area contributed by atoms with Gasteiger partial charge in [0.2, 0.25) is 0 Å². The molecule has 3 N–H and O–H groups in total. The highest BCUT2D eigenvalue weighted by atomic mass is 16.5. The van der Waals surface area contributed by atoms with Crippen molar-refractivity contribution >= 4 is 11.7 Å². The van der Waals surface area contributed by atoms with E-state index in [1.165, 1.54) is 0 Å². The number of amidine groups is 1. The Hall–Kier alpha value is -1.75. The summed E-state index contributed by atoms with van der Waals surface area (Å²) < 4.78 is 10.3. The number of nitrogens with two attached hydrogens (primary N) is 1. The summed E-state index contributed by atoms with van der Waals surface area (Å²) in [6.45, 7) is 3.36. The van der Waals surface area contributed by atoms with Crippen LogP contribution in [0, 0.1) is 5.41 Å². The molecule has 0 saturated carbocycles. The predicted octanol–water partition coefficient (Wildman–Crippen LogP) is 0.795. The van der Waals surface area contributed by atoms with Gasteiger partial charge in [-0.05, 0) is 24.3 Å². The number of nitrogens with one attached hydrogen (secondary N) is 1. The maximum Gasteiger partial charge on any atom is 0.284 e. The Kier molecular flexibility index (Phi) is 3.26. The third-order valence-corrected chi connectivity index (χ3v) is 2.44. The molecule has 0 atom stereocenters. The lowest BCUT2D eigenvalue weighted by molar-refractivity contribution is 0.122. The van der Waals surface area contributed by atoms with Gasteiger partial charge in [0.05, 0.1) is 13.2 Å². The minimum atomic E-state index is -0.292. The third kappa shape index (κ3) is 2.64. The molecule has 0 amide bonds. The van der Waals surface area contributed by atoms with Crippen molar-refractivity contribution in [3.05, 3.63) is 24.3 Å². The summed E-state index contributed by atoms with van der Waals surface area (Å²) >= 11 is 0. The van der Waals surface area contributed by atoms with Gasteiger partial charge in [-0.25, -0.2) is 0 Å². The highest BCUT2D eigenvalue weighted by Crippen LogP contribution is 2.20. The Morgan fingerprint density at radius 3 is 2.44 bits per heavy atom. The van der Waals surface area contributed by atoms with Crippen LogP contribution in [-0.2, 0) is 4.74 Å². The molecule has 86 valence electrons. The van der Waals surface area contributed by atoms with Crippen molar-refractivity contribution in [3.63, 3.8) is 0 Å². The van der Waals surface area contributed by atoms with Crippen LogP contribution in [0.15, 0.2) is 24.3 Å². The summed E-state index contributed by atoms with van der Waals surface area (Å²) in [5, 5.41) is 7.01. The van der Waals surface area contributed by atoms with E-state index < -0.39 is 0 Å². The summed E-state index contributed by atoms with van der Waals surface area (Å²) in [6.07, 6.45) is 0. The van der Waals surface area contributed by atoms with Crippen LogP contribution in [0.1, 0.15) is 0 Å². The maximum absolute atomic E-state index is 7.01. The Bertz CT molecular complexity index is 358. The summed E-state index contributed by atoms with van der Waals surface area (Å²) in [6, 6.07) is 7.25. The monoisotopic (exact) mass is 221 g/mol. The highest BCUT2D eigenvalue weighted by Gasteiger charge is 2.10. The summed E-state index contributed by atoms with van der Waals surface area (Å²) in [5.41, 5.74) is 6.28. The van der Waals surface area contributed by atoms with E-state index in [1.807, 2.05) is 24.3 Å². The second-order valence-electron chi connectivity index (χ2n) is 3.56. The molecular weight excluding hydrogens is 206 g/mol. The van der Waals surface area contributed by atoms with Crippen LogP contribution < -0.4 is 15.4 Å². The van der Waals surface area contributed by atoms with E-state index in [2.05, 4.69) is 4.90 Å². The van der Waals surface area contributed by atoms with Crippen molar-refractivity contribution in [1.82, 2.24) is 0 Å². The van der Waals surface area contributed by atoms with Crippen molar-refractivity contribution in [2.24, 2.45) is 5.73 Å². The Morgan fingerprint density at radius 2 is 1.88 bits per heavy atom. The lowest BCUT2D eigenvalue weighted by Crippen LogP contribution is -2.36. The van der Waals surface area contributed by atoms with E-state index in [0.717, 1.165) is 32.0 Å². The molecule has 1 fully saturated rings. The van der Waals surface area contributed by atoms with E-state index in [-0.39, 0.29) is 6.02 Å². The molecule has 16 heavy (non-hydrogen) atoms. The number of hydrogen-bond acceptors (Lipinski definition) is 4. The first-order valence-corrected chi connectivity index (χ1v) is 5.20. The lowest BCUT2D eigenvalue weighted by atomic mass is 10.2. The number of anilines is 1. The Morgan fingerprint density at radius 1 is 1.25 bits per heavy atom. The van der Waals surface area contributed by atoms with Crippen LogP contribution in [-0.4, -0.2) is 32.3 Å². The topological polar surface area (TPSA) is 71.6 Å². The predicted molar refractivity (Wildman–Crippen MR) is 62.0 cm³/mol. The molecule has 1 aromatic carbocycles. The number of benzene rings is 1. The van der Waals surface area contributed by atoms with Crippen LogP contribution >= 0.6 is 0 Å². The maximum atomic E-state index is 7.01. The van der Waals surface area contributed by atoms with Crippen molar-refractivity contribution in [2.75, 3.05) is 31.2 Å². The molecule has 1 aliphatic rings. The van der Waals surface area contributed by atoms with Crippen molar-refractivity contribution in [2.45, 2.75) is 0 Å². The van der Waals surface area contributed by atoms with Crippen LogP contribution in [0.25, 0.3) is 0 Å². The molecule has 0 aliphatic carbocycles. The molecule has 1 saturated heterocycles. The van der Waals surface area contributed by atoms with Crippen molar-refractivity contribution < 1.29 is 9.47 Å². The first kappa shape index (κ1) is 10.8. The van der Waals surface area contributed by atoms with Gasteiger partial charge in [0.15, 0.2) is 0 Å². The van der Waals surface area contributed by atoms with Crippen LogP contribution in [0.5, 0.6) is 5.75 Å². The third-order valence-electron chi connectivity index (χ3n) is 2.44. The largest absolute Gasteiger partial charge is 0.426 e. The lowest BCUT2D eigenvalue weighted by Gasteiger charge is -2.28. The molecule has 1 aromatic rings. The number of nitrogens with zero attached hydrogens (tertiary/aromatic N) is 1. The second kappa shape index (κ2) is 4.85. The minimum Gasteiger partial charge on any atom is -0.426 e. The van der Waals surface area contributed by atoms with Gasteiger partial charge in [-0.15, -0.1) is 0 Å². The Labute approximate surface area is 94.3 Å². The molecule has 5 heteroatoms. The first-order chi connectivity index (χ1) is 7.75. The molecule has 1 aliphatic heterocycles. The molecular formula is C11H15N3O2.